The highest BCUT2D eigenvalue weighted by Gasteiger charge is 2.34. The molecule has 0 aliphatic carbocycles. The van der Waals surface area contributed by atoms with Gasteiger partial charge in [-0.2, -0.15) is 0 Å². The third kappa shape index (κ3) is 2.76. The van der Waals surface area contributed by atoms with Crippen molar-refractivity contribution in [2.75, 3.05) is 13.1 Å². The summed E-state index contributed by atoms with van der Waals surface area (Å²) in [6.45, 7) is 4.42. The molecule has 0 N–H and O–H groups in total. The SMILES string of the molecule is CCCC(=O)O[C@H]1CCCN2CCCC[C@@H]12. The number of fused-ring (bicyclic) bond motifs is 1. The second kappa shape index (κ2) is 5.67. The Bertz CT molecular complexity index is 240. The Hall–Kier alpha value is -0.570. The Labute approximate surface area is 98.1 Å². The Morgan fingerprint density at radius 3 is 2.88 bits per heavy atom. The Balaban J connectivity index is 1.89. The van der Waals surface area contributed by atoms with E-state index in [2.05, 4.69) is 4.90 Å². The molecule has 2 saturated heterocycles. The van der Waals surface area contributed by atoms with Gasteiger partial charge in [0.25, 0.3) is 0 Å². The van der Waals surface area contributed by atoms with Crippen molar-refractivity contribution in [2.45, 2.75) is 64.0 Å². The van der Waals surface area contributed by atoms with E-state index >= 15 is 0 Å². The topological polar surface area (TPSA) is 29.5 Å². The maximum Gasteiger partial charge on any atom is 0.306 e. The quantitative estimate of drug-likeness (QED) is 0.690. The molecule has 0 radical (unpaired) electrons. The van der Waals surface area contributed by atoms with Gasteiger partial charge in [-0.25, -0.2) is 0 Å². The van der Waals surface area contributed by atoms with Gasteiger partial charge in [-0.3, -0.25) is 9.69 Å². The van der Waals surface area contributed by atoms with Crippen molar-refractivity contribution in [1.82, 2.24) is 4.90 Å². The number of rotatable bonds is 3. The summed E-state index contributed by atoms with van der Waals surface area (Å²) in [7, 11) is 0. The molecule has 0 saturated carbocycles. The molecule has 2 atom stereocenters. The number of piperidine rings is 2. The maximum atomic E-state index is 11.5. The molecule has 3 heteroatoms. The van der Waals surface area contributed by atoms with Crippen molar-refractivity contribution in [3.63, 3.8) is 0 Å². The van der Waals surface area contributed by atoms with E-state index in [0.717, 1.165) is 12.8 Å². The van der Waals surface area contributed by atoms with E-state index in [9.17, 15) is 4.79 Å². The van der Waals surface area contributed by atoms with Crippen LogP contribution in [-0.2, 0) is 9.53 Å². The summed E-state index contributed by atoms with van der Waals surface area (Å²) in [6.07, 6.45) is 7.70. The van der Waals surface area contributed by atoms with Crippen molar-refractivity contribution in [2.24, 2.45) is 0 Å². The minimum Gasteiger partial charge on any atom is -0.461 e. The number of carbonyl (C=O) groups is 1. The summed E-state index contributed by atoms with van der Waals surface area (Å²) >= 11 is 0. The molecule has 0 bridgehead atoms. The van der Waals surface area contributed by atoms with Gasteiger partial charge >= 0.3 is 5.97 Å². The van der Waals surface area contributed by atoms with E-state index < -0.39 is 0 Å². The number of ether oxygens (including phenoxy) is 1. The van der Waals surface area contributed by atoms with Crippen LogP contribution >= 0.6 is 0 Å². The van der Waals surface area contributed by atoms with E-state index in [1.165, 1.54) is 38.8 Å². The molecule has 0 spiro atoms. The van der Waals surface area contributed by atoms with E-state index in [4.69, 9.17) is 4.74 Å². The summed E-state index contributed by atoms with van der Waals surface area (Å²) in [4.78, 5) is 14.1. The zero-order valence-electron chi connectivity index (χ0n) is 10.3. The van der Waals surface area contributed by atoms with Gasteiger partial charge in [0, 0.05) is 12.5 Å². The molecule has 92 valence electrons. The van der Waals surface area contributed by atoms with E-state index in [1.54, 1.807) is 0 Å². The number of esters is 1. The molecule has 2 heterocycles. The van der Waals surface area contributed by atoms with Gasteiger partial charge < -0.3 is 4.74 Å². The molecule has 0 unspecified atom stereocenters. The molecule has 2 aliphatic rings. The van der Waals surface area contributed by atoms with Crippen LogP contribution in [0.3, 0.4) is 0 Å². The largest absolute Gasteiger partial charge is 0.461 e. The van der Waals surface area contributed by atoms with Crippen LogP contribution in [0.2, 0.25) is 0 Å². The summed E-state index contributed by atoms with van der Waals surface area (Å²) in [5, 5.41) is 0. The number of nitrogens with zero attached hydrogens (tertiary/aromatic N) is 1. The van der Waals surface area contributed by atoms with Gasteiger partial charge in [0.1, 0.15) is 6.10 Å². The molecule has 2 rings (SSSR count). The number of hydrogen-bond donors (Lipinski definition) is 0. The Kier molecular flexibility index (Phi) is 4.22. The van der Waals surface area contributed by atoms with Crippen LogP contribution in [0, 0.1) is 0 Å². The third-order valence-electron chi connectivity index (χ3n) is 3.76. The molecule has 2 aliphatic heterocycles. The first-order valence-corrected chi connectivity index (χ1v) is 6.75. The van der Waals surface area contributed by atoms with Gasteiger partial charge in [0.05, 0.1) is 0 Å². The summed E-state index contributed by atoms with van der Waals surface area (Å²) in [6, 6.07) is 0.517. The van der Waals surface area contributed by atoms with Crippen LogP contribution in [0.1, 0.15) is 51.9 Å². The molecule has 16 heavy (non-hydrogen) atoms. The van der Waals surface area contributed by atoms with Gasteiger partial charge in [-0.15, -0.1) is 0 Å². The fourth-order valence-corrected chi connectivity index (χ4v) is 2.97. The first-order chi connectivity index (χ1) is 7.81. The summed E-state index contributed by atoms with van der Waals surface area (Å²) in [5.74, 6) is -0.0000709. The fourth-order valence-electron chi connectivity index (χ4n) is 2.97. The monoisotopic (exact) mass is 225 g/mol. The van der Waals surface area contributed by atoms with E-state index in [0.29, 0.717) is 12.5 Å². The van der Waals surface area contributed by atoms with Crippen molar-refractivity contribution >= 4 is 5.97 Å². The molecule has 0 aromatic heterocycles. The Morgan fingerprint density at radius 2 is 2.06 bits per heavy atom. The molecule has 0 aromatic rings. The predicted octanol–water partition coefficient (Wildman–Crippen LogP) is 2.35. The maximum absolute atomic E-state index is 11.5. The highest BCUT2D eigenvalue weighted by Crippen LogP contribution is 2.28. The van der Waals surface area contributed by atoms with Crippen LogP contribution in [0.5, 0.6) is 0 Å². The van der Waals surface area contributed by atoms with Crippen LogP contribution in [-0.4, -0.2) is 36.1 Å². The average molecular weight is 225 g/mol. The van der Waals surface area contributed by atoms with Crippen molar-refractivity contribution < 1.29 is 9.53 Å². The number of carbonyl (C=O) groups excluding carboxylic acids is 1. The highest BCUT2D eigenvalue weighted by atomic mass is 16.5. The minimum atomic E-state index is -0.0000709. The summed E-state index contributed by atoms with van der Waals surface area (Å²) in [5.41, 5.74) is 0. The normalized spacial score (nSPS) is 30.8. The lowest BCUT2D eigenvalue weighted by atomic mass is 9.90. The average Bonchev–Trinajstić information content (AvgIpc) is 2.30. The van der Waals surface area contributed by atoms with Crippen LogP contribution < -0.4 is 0 Å². The van der Waals surface area contributed by atoms with Gasteiger partial charge in [0.2, 0.25) is 0 Å². The van der Waals surface area contributed by atoms with Crippen molar-refractivity contribution in [1.29, 1.82) is 0 Å². The first kappa shape index (κ1) is 11.9. The zero-order valence-corrected chi connectivity index (χ0v) is 10.3. The number of hydrogen-bond acceptors (Lipinski definition) is 3. The van der Waals surface area contributed by atoms with Gasteiger partial charge in [-0.1, -0.05) is 13.3 Å². The smallest absolute Gasteiger partial charge is 0.306 e. The molecule has 2 fully saturated rings. The standard InChI is InChI=1S/C13H23NO2/c1-2-6-13(15)16-12-8-5-10-14-9-4-3-7-11(12)14/h11-12H,2-10H2,1H3/t11-,12-/m0/s1. The Morgan fingerprint density at radius 1 is 1.25 bits per heavy atom. The van der Waals surface area contributed by atoms with Crippen LogP contribution in [0.15, 0.2) is 0 Å². The van der Waals surface area contributed by atoms with E-state index in [-0.39, 0.29) is 12.1 Å². The molecular formula is C13H23NO2. The fraction of sp³-hybridized carbons (Fsp3) is 0.923. The lowest BCUT2D eigenvalue weighted by Crippen LogP contribution is -2.51. The zero-order chi connectivity index (χ0) is 11.4. The first-order valence-electron chi connectivity index (χ1n) is 6.75. The summed E-state index contributed by atoms with van der Waals surface area (Å²) < 4.78 is 5.62. The lowest BCUT2D eigenvalue weighted by Gasteiger charge is -2.43. The molecule has 0 amide bonds. The predicted molar refractivity (Wildman–Crippen MR) is 63.2 cm³/mol. The van der Waals surface area contributed by atoms with Crippen molar-refractivity contribution in [3.05, 3.63) is 0 Å². The minimum absolute atomic E-state index is 0.0000709. The van der Waals surface area contributed by atoms with Gasteiger partial charge in [-0.05, 0) is 45.2 Å². The molecule has 0 aromatic carbocycles. The highest BCUT2D eigenvalue weighted by molar-refractivity contribution is 5.69. The van der Waals surface area contributed by atoms with Crippen LogP contribution in [0.25, 0.3) is 0 Å². The second-order valence-electron chi connectivity index (χ2n) is 5.02. The third-order valence-corrected chi connectivity index (χ3v) is 3.76. The second-order valence-corrected chi connectivity index (χ2v) is 5.02. The molecular weight excluding hydrogens is 202 g/mol. The van der Waals surface area contributed by atoms with Crippen molar-refractivity contribution in [3.8, 4) is 0 Å². The molecule has 3 nitrogen and oxygen atoms in total. The van der Waals surface area contributed by atoms with Gasteiger partial charge in [0.15, 0.2) is 0 Å². The lowest BCUT2D eigenvalue weighted by molar-refractivity contribution is -0.156. The van der Waals surface area contributed by atoms with Crippen LogP contribution in [0.4, 0.5) is 0 Å². The van der Waals surface area contributed by atoms with E-state index in [1.807, 2.05) is 6.92 Å².